The molecule has 0 aliphatic heterocycles. The predicted molar refractivity (Wildman–Crippen MR) is 84.8 cm³/mol. The van der Waals surface area contributed by atoms with Crippen LogP contribution < -0.4 is 5.32 Å². The molecule has 0 atom stereocenters. The van der Waals surface area contributed by atoms with Crippen LogP contribution >= 0.6 is 11.3 Å². The minimum atomic E-state index is 0.493. The molecule has 0 fully saturated rings. The van der Waals surface area contributed by atoms with E-state index in [0.29, 0.717) is 6.04 Å². The molecule has 0 aliphatic carbocycles. The molecule has 1 N–H and O–H groups in total. The van der Waals surface area contributed by atoms with E-state index in [0.717, 1.165) is 28.0 Å². The molecule has 2 aromatic heterocycles. The zero-order chi connectivity index (χ0) is 13.9. The Morgan fingerprint density at radius 2 is 2.10 bits per heavy atom. The number of rotatable bonds is 4. The van der Waals surface area contributed by atoms with Gasteiger partial charge in [0, 0.05) is 40.8 Å². The van der Waals surface area contributed by atoms with Crippen molar-refractivity contribution in [3.63, 3.8) is 0 Å². The minimum Gasteiger partial charge on any atom is -0.310 e. The van der Waals surface area contributed by atoms with Gasteiger partial charge in [0.2, 0.25) is 0 Å². The number of nitrogens with one attached hydrogen (secondary N) is 1. The van der Waals surface area contributed by atoms with Crippen LogP contribution in [-0.4, -0.2) is 16.0 Å². The van der Waals surface area contributed by atoms with Gasteiger partial charge in [0.1, 0.15) is 5.01 Å². The zero-order valence-electron chi connectivity index (χ0n) is 11.6. The average Bonchev–Trinajstić information content (AvgIpc) is 2.93. The van der Waals surface area contributed by atoms with E-state index >= 15 is 0 Å². The summed E-state index contributed by atoms with van der Waals surface area (Å²) in [5.74, 6) is 0. The second kappa shape index (κ2) is 5.69. The molecule has 4 heteroatoms. The van der Waals surface area contributed by atoms with Crippen molar-refractivity contribution in [2.45, 2.75) is 26.4 Å². The molecule has 0 amide bonds. The fraction of sp³-hybridized carbons (Fsp3) is 0.250. The lowest BCUT2D eigenvalue weighted by Crippen LogP contribution is -2.21. The van der Waals surface area contributed by atoms with Gasteiger partial charge in [-0.1, -0.05) is 19.9 Å². The molecule has 3 aromatic rings. The van der Waals surface area contributed by atoms with Gasteiger partial charge >= 0.3 is 0 Å². The number of benzene rings is 1. The van der Waals surface area contributed by atoms with E-state index < -0.39 is 0 Å². The van der Waals surface area contributed by atoms with Gasteiger partial charge < -0.3 is 5.32 Å². The van der Waals surface area contributed by atoms with Crippen LogP contribution in [0, 0.1) is 0 Å². The molecule has 0 saturated heterocycles. The number of fused-ring (bicyclic) bond motifs is 1. The first kappa shape index (κ1) is 13.2. The minimum absolute atomic E-state index is 0.493. The molecule has 2 heterocycles. The summed E-state index contributed by atoms with van der Waals surface area (Å²) in [6, 6.07) is 10.8. The van der Waals surface area contributed by atoms with Crippen molar-refractivity contribution < 1.29 is 0 Å². The Morgan fingerprint density at radius 3 is 2.95 bits per heavy atom. The second-order valence-corrected chi connectivity index (χ2v) is 6.19. The zero-order valence-corrected chi connectivity index (χ0v) is 12.4. The van der Waals surface area contributed by atoms with Gasteiger partial charge in [-0.3, -0.25) is 4.98 Å². The Morgan fingerprint density at radius 1 is 1.20 bits per heavy atom. The normalized spacial score (nSPS) is 11.3. The Balaban J connectivity index is 1.87. The van der Waals surface area contributed by atoms with E-state index in [4.69, 9.17) is 0 Å². The SMILES string of the molecule is CC(C)NCc1cnc(-c2ccc3ncccc3c2)s1. The first-order valence-corrected chi connectivity index (χ1v) is 7.57. The number of hydrogen-bond donors (Lipinski definition) is 1. The van der Waals surface area contributed by atoms with Crippen molar-refractivity contribution in [2.24, 2.45) is 0 Å². The van der Waals surface area contributed by atoms with Crippen LogP contribution in [0.5, 0.6) is 0 Å². The monoisotopic (exact) mass is 283 g/mol. The summed E-state index contributed by atoms with van der Waals surface area (Å²) in [4.78, 5) is 10.1. The molecule has 0 saturated carbocycles. The van der Waals surface area contributed by atoms with Crippen molar-refractivity contribution in [3.05, 3.63) is 47.6 Å². The van der Waals surface area contributed by atoms with E-state index in [-0.39, 0.29) is 0 Å². The van der Waals surface area contributed by atoms with Gasteiger partial charge in [-0.15, -0.1) is 11.3 Å². The van der Waals surface area contributed by atoms with Crippen LogP contribution in [0.2, 0.25) is 0 Å². The Kier molecular flexibility index (Phi) is 3.76. The maximum Gasteiger partial charge on any atom is 0.123 e. The van der Waals surface area contributed by atoms with E-state index in [2.05, 4.69) is 53.4 Å². The lowest BCUT2D eigenvalue weighted by atomic mass is 10.1. The summed E-state index contributed by atoms with van der Waals surface area (Å²) in [5.41, 5.74) is 2.18. The topological polar surface area (TPSA) is 37.8 Å². The van der Waals surface area contributed by atoms with E-state index in [1.165, 1.54) is 4.88 Å². The number of nitrogens with zero attached hydrogens (tertiary/aromatic N) is 2. The molecule has 1 aromatic carbocycles. The fourth-order valence-electron chi connectivity index (χ4n) is 2.04. The largest absolute Gasteiger partial charge is 0.310 e. The lowest BCUT2D eigenvalue weighted by Gasteiger charge is -2.04. The molecular weight excluding hydrogens is 266 g/mol. The van der Waals surface area contributed by atoms with E-state index in [1.807, 2.05) is 18.5 Å². The average molecular weight is 283 g/mol. The summed E-state index contributed by atoms with van der Waals surface area (Å²) in [6.07, 6.45) is 3.78. The van der Waals surface area contributed by atoms with Gasteiger partial charge in [-0.05, 0) is 24.3 Å². The van der Waals surface area contributed by atoms with Gasteiger partial charge in [-0.2, -0.15) is 0 Å². The molecule has 0 unspecified atom stereocenters. The van der Waals surface area contributed by atoms with Gasteiger partial charge in [-0.25, -0.2) is 4.98 Å². The third-order valence-electron chi connectivity index (χ3n) is 3.09. The second-order valence-electron chi connectivity index (χ2n) is 5.08. The molecule has 0 radical (unpaired) electrons. The van der Waals surface area contributed by atoms with Crippen LogP contribution in [0.1, 0.15) is 18.7 Å². The summed E-state index contributed by atoms with van der Waals surface area (Å²) in [7, 11) is 0. The number of thiazole rings is 1. The molecule has 102 valence electrons. The van der Waals surface area contributed by atoms with Crippen molar-refractivity contribution in [2.75, 3.05) is 0 Å². The van der Waals surface area contributed by atoms with E-state index in [9.17, 15) is 0 Å². The van der Waals surface area contributed by atoms with Crippen molar-refractivity contribution >= 4 is 22.2 Å². The van der Waals surface area contributed by atoms with Crippen molar-refractivity contribution in [3.8, 4) is 10.6 Å². The summed E-state index contributed by atoms with van der Waals surface area (Å²) in [5, 5.41) is 5.64. The summed E-state index contributed by atoms with van der Waals surface area (Å²) in [6.45, 7) is 5.18. The van der Waals surface area contributed by atoms with E-state index in [1.54, 1.807) is 11.3 Å². The first-order chi connectivity index (χ1) is 9.72. The lowest BCUT2D eigenvalue weighted by molar-refractivity contribution is 0.593. The highest BCUT2D eigenvalue weighted by atomic mass is 32.1. The maximum atomic E-state index is 4.53. The highest BCUT2D eigenvalue weighted by Crippen LogP contribution is 2.27. The molecule has 0 aliphatic rings. The molecule has 3 rings (SSSR count). The standard InChI is InChI=1S/C16H17N3S/c1-11(2)18-9-14-10-19-16(20-14)13-5-6-15-12(8-13)4-3-7-17-15/h3-8,10-11,18H,9H2,1-2H3. The molecule has 20 heavy (non-hydrogen) atoms. The third kappa shape index (κ3) is 2.86. The van der Waals surface area contributed by atoms with Crippen LogP contribution in [0.4, 0.5) is 0 Å². The first-order valence-electron chi connectivity index (χ1n) is 6.75. The molecule has 0 bridgehead atoms. The van der Waals surface area contributed by atoms with Crippen molar-refractivity contribution in [1.82, 2.24) is 15.3 Å². The van der Waals surface area contributed by atoms with Crippen LogP contribution in [0.15, 0.2) is 42.7 Å². The number of pyridine rings is 1. The highest BCUT2D eigenvalue weighted by molar-refractivity contribution is 7.15. The number of hydrogen-bond acceptors (Lipinski definition) is 4. The smallest absolute Gasteiger partial charge is 0.123 e. The van der Waals surface area contributed by atoms with Gasteiger partial charge in [0.05, 0.1) is 5.52 Å². The fourth-order valence-corrected chi connectivity index (χ4v) is 2.90. The van der Waals surface area contributed by atoms with Gasteiger partial charge in [0.25, 0.3) is 0 Å². The predicted octanol–water partition coefficient (Wildman–Crippen LogP) is 3.86. The van der Waals surface area contributed by atoms with Crippen LogP contribution in [-0.2, 0) is 6.54 Å². The third-order valence-corrected chi connectivity index (χ3v) is 4.13. The quantitative estimate of drug-likeness (QED) is 0.790. The van der Waals surface area contributed by atoms with Gasteiger partial charge in [0.15, 0.2) is 0 Å². The summed E-state index contributed by atoms with van der Waals surface area (Å²) < 4.78 is 0. The van der Waals surface area contributed by atoms with Crippen LogP contribution in [0.3, 0.4) is 0 Å². The number of aromatic nitrogens is 2. The molecular formula is C16H17N3S. The molecule has 3 nitrogen and oxygen atoms in total. The Labute approximate surface area is 122 Å². The van der Waals surface area contributed by atoms with Crippen LogP contribution in [0.25, 0.3) is 21.5 Å². The summed E-state index contributed by atoms with van der Waals surface area (Å²) >= 11 is 1.74. The Hall–Kier alpha value is -1.78. The van der Waals surface area contributed by atoms with Crippen molar-refractivity contribution in [1.29, 1.82) is 0 Å². The molecule has 0 spiro atoms. The maximum absolute atomic E-state index is 4.53. The highest BCUT2D eigenvalue weighted by Gasteiger charge is 2.06. The Bertz CT molecular complexity index is 718.